The summed E-state index contributed by atoms with van der Waals surface area (Å²) < 4.78 is 5.46. The second kappa shape index (κ2) is 7.77. The Morgan fingerprint density at radius 2 is 1.79 bits per heavy atom. The topological polar surface area (TPSA) is 75.9 Å². The molecular formula is C18H25N3O3. The number of nitrogens with two attached hydrogens (primary N) is 1. The summed E-state index contributed by atoms with van der Waals surface area (Å²) in [5.74, 6) is 0.0243. The van der Waals surface area contributed by atoms with Crippen molar-refractivity contribution in [3.8, 4) is 0 Å². The van der Waals surface area contributed by atoms with Crippen LogP contribution in [-0.2, 0) is 20.7 Å². The fourth-order valence-corrected chi connectivity index (χ4v) is 3.31. The zero-order valence-corrected chi connectivity index (χ0v) is 13.9. The van der Waals surface area contributed by atoms with Gasteiger partial charge < -0.3 is 20.3 Å². The van der Waals surface area contributed by atoms with E-state index >= 15 is 0 Å². The highest BCUT2D eigenvalue weighted by Gasteiger charge is 2.32. The Morgan fingerprint density at radius 1 is 1.12 bits per heavy atom. The zero-order chi connectivity index (χ0) is 16.9. The lowest BCUT2D eigenvalue weighted by atomic mass is 10.1. The van der Waals surface area contributed by atoms with E-state index in [1.54, 1.807) is 4.90 Å². The minimum Gasteiger partial charge on any atom is -0.368 e. The van der Waals surface area contributed by atoms with Gasteiger partial charge in [0.15, 0.2) is 0 Å². The van der Waals surface area contributed by atoms with Gasteiger partial charge in [-0.05, 0) is 24.8 Å². The van der Waals surface area contributed by atoms with Crippen molar-refractivity contribution >= 4 is 11.8 Å². The first-order chi connectivity index (χ1) is 11.6. The van der Waals surface area contributed by atoms with Gasteiger partial charge in [0.1, 0.15) is 6.10 Å². The molecule has 2 saturated heterocycles. The van der Waals surface area contributed by atoms with E-state index in [2.05, 4.69) is 0 Å². The van der Waals surface area contributed by atoms with Gasteiger partial charge in [0.2, 0.25) is 5.91 Å². The minimum absolute atomic E-state index is 0.0388. The molecule has 2 atom stereocenters. The van der Waals surface area contributed by atoms with Crippen molar-refractivity contribution in [3.63, 3.8) is 0 Å². The second-order valence-electron chi connectivity index (χ2n) is 6.45. The van der Waals surface area contributed by atoms with Crippen LogP contribution in [0.4, 0.5) is 0 Å². The Bertz CT molecular complexity index is 564. The van der Waals surface area contributed by atoms with Gasteiger partial charge in [-0.15, -0.1) is 0 Å². The van der Waals surface area contributed by atoms with Gasteiger partial charge in [-0.2, -0.15) is 0 Å². The van der Waals surface area contributed by atoms with E-state index in [9.17, 15) is 9.59 Å². The fourth-order valence-electron chi connectivity index (χ4n) is 3.31. The number of hydrogen-bond donors (Lipinski definition) is 1. The van der Waals surface area contributed by atoms with E-state index in [0.29, 0.717) is 39.2 Å². The van der Waals surface area contributed by atoms with Gasteiger partial charge in [0.25, 0.3) is 5.91 Å². The van der Waals surface area contributed by atoms with Crippen LogP contribution in [0.1, 0.15) is 18.4 Å². The van der Waals surface area contributed by atoms with Gasteiger partial charge in [-0.25, -0.2) is 0 Å². The monoisotopic (exact) mass is 331 g/mol. The molecule has 0 aliphatic carbocycles. The third kappa shape index (κ3) is 3.94. The Labute approximate surface area is 142 Å². The van der Waals surface area contributed by atoms with Gasteiger partial charge in [0, 0.05) is 32.8 Å². The predicted octanol–water partition coefficient (Wildman–Crippen LogP) is 0.406. The van der Waals surface area contributed by atoms with Gasteiger partial charge in [-0.1, -0.05) is 30.3 Å². The SMILES string of the molecule is N[C@@H](Cc1ccccc1)C(=O)N1CCN(C(=O)C2CCCO2)CC1. The zero-order valence-electron chi connectivity index (χ0n) is 13.9. The van der Waals surface area contributed by atoms with Gasteiger partial charge in [-0.3, -0.25) is 9.59 Å². The van der Waals surface area contributed by atoms with Crippen LogP contribution in [0.15, 0.2) is 30.3 Å². The molecule has 0 spiro atoms. The van der Waals surface area contributed by atoms with Crippen LogP contribution in [0.2, 0.25) is 0 Å². The smallest absolute Gasteiger partial charge is 0.251 e. The van der Waals surface area contributed by atoms with Crippen molar-refractivity contribution in [2.45, 2.75) is 31.4 Å². The lowest BCUT2D eigenvalue weighted by molar-refractivity contribution is -0.146. The van der Waals surface area contributed by atoms with E-state index in [1.165, 1.54) is 0 Å². The van der Waals surface area contributed by atoms with Crippen LogP contribution in [0, 0.1) is 0 Å². The fraction of sp³-hybridized carbons (Fsp3) is 0.556. The quantitative estimate of drug-likeness (QED) is 0.867. The van der Waals surface area contributed by atoms with E-state index < -0.39 is 6.04 Å². The Hall–Kier alpha value is -1.92. The summed E-state index contributed by atoms with van der Waals surface area (Å²) in [7, 11) is 0. The molecule has 24 heavy (non-hydrogen) atoms. The third-order valence-corrected chi connectivity index (χ3v) is 4.72. The highest BCUT2D eigenvalue weighted by molar-refractivity contribution is 5.83. The lowest BCUT2D eigenvalue weighted by Crippen LogP contribution is -2.56. The molecule has 2 fully saturated rings. The molecule has 2 N–H and O–H groups in total. The lowest BCUT2D eigenvalue weighted by Gasteiger charge is -2.36. The first-order valence-electron chi connectivity index (χ1n) is 8.64. The molecule has 6 heteroatoms. The van der Waals surface area contributed by atoms with Crippen LogP contribution in [-0.4, -0.2) is 66.5 Å². The molecule has 130 valence electrons. The summed E-state index contributed by atoms with van der Waals surface area (Å²) in [6.07, 6.45) is 2.00. The van der Waals surface area contributed by atoms with Crippen molar-refractivity contribution in [3.05, 3.63) is 35.9 Å². The number of benzene rings is 1. The number of carbonyl (C=O) groups is 2. The molecule has 2 heterocycles. The van der Waals surface area contributed by atoms with E-state index in [0.717, 1.165) is 18.4 Å². The van der Waals surface area contributed by atoms with Crippen LogP contribution in [0.5, 0.6) is 0 Å². The third-order valence-electron chi connectivity index (χ3n) is 4.72. The van der Waals surface area contributed by atoms with Crippen LogP contribution >= 0.6 is 0 Å². The van der Waals surface area contributed by atoms with Gasteiger partial charge in [0.05, 0.1) is 6.04 Å². The predicted molar refractivity (Wildman–Crippen MR) is 90.3 cm³/mol. The first kappa shape index (κ1) is 16.9. The molecule has 3 rings (SSSR count). The number of piperazine rings is 1. The molecule has 1 aromatic carbocycles. The normalized spacial score (nSPS) is 22.5. The number of nitrogens with zero attached hydrogens (tertiary/aromatic N) is 2. The number of ether oxygens (including phenoxy) is 1. The first-order valence-corrected chi connectivity index (χ1v) is 8.64. The average molecular weight is 331 g/mol. The number of rotatable bonds is 4. The van der Waals surface area contributed by atoms with Crippen LogP contribution < -0.4 is 5.73 Å². The van der Waals surface area contributed by atoms with E-state index in [4.69, 9.17) is 10.5 Å². The van der Waals surface area contributed by atoms with Crippen molar-refractivity contribution in [2.75, 3.05) is 32.8 Å². The highest BCUT2D eigenvalue weighted by atomic mass is 16.5. The standard InChI is InChI=1S/C18H25N3O3/c19-15(13-14-5-2-1-3-6-14)17(22)20-8-10-21(11-9-20)18(23)16-7-4-12-24-16/h1-3,5-6,15-16H,4,7-13,19H2/t15-,16?/m0/s1. The van der Waals surface area contributed by atoms with Gasteiger partial charge >= 0.3 is 0 Å². The van der Waals surface area contributed by atoms with Crippen molar-refractivity contribution < 1.29 is 14.3 Å². The summed E-state index contributed by atoms with van der Waals surface area (Å²) >= 11 is 0. The van der Waals surface area contributed by atoms with Crippen LogP contribution in [0.3, 0.4) is 0 Å². The average Bonchev–Trinajstić information content (AvgIpc) is 3.16. The molecule has 0 aromatic heterocycles. The maximum atomic E-state index is 12.5. The van der Waals surface area contributed by atoms with Crippen molar-refractivity contribution in [1.29, 1.82) is 0 Å². The molecule has 0 saturated carbocycles. The molecule has 1 aromatic rings. The largest absolute Gasteiger partial charge is 0.368 e. The number of amides is 2. The summed E-state index contributed by atoms with van der Waals surface area (Å²) in [5, 5.41) is 0. The van der Waals surface area contributed by atoms with Crippen LogP contribution in [0.25, 0.3) is 0 Å². The Morgan fingerprint density at radius 3 is 2.42 bits per heavy atom. The van der Waals surface area contributed by atoms with Crippen molar-refractivity contribution in [2.24, 2.45) is 5.73 Å². The summed E-state index contributed by atoms with van der Waals surface area (Å²) in [6, 6.07) is 9.26. The molecule has 0 bridgehead atoms. The Balaban J connectivity index is 1.48. The summed E-state index contributed by atoms with van der Waals surface area (Å²) in [5.41, 5.74) is 7.14. The molecule has 6 nitrogen and oxygen atoms in total. The molecule has 2 aliphatic rings. The molecule has 0 radical (unpaired) electrons. The molecule has 2 amide bonds. The molecule has 1 unspecified atom stereocenters. The Kier molecular flexibility index (Phi) is 5.48. The van der Waals surface area contributed by atoms with Crippen molar-refractivity contribution in [1.82, 2.24) is 9.80 Å². The van der Waals surface area contributed by atoms with E-state index in [-0.39, 0.29) is 17.9 Å². The molecular weight excluding hydrogens is 306 g/mol. The number of hydrogen-bond acceptors (Lipinski definition) is 4. The maximum absolute atomic E-state index is 12.5. The maximum Gasteiger partial charge on any atom is 0.251 e. The van der Waals surface area contributed by atoms with E-state index in [1.807, 2.05) is 35.2 Å². The number of carbonyl (C=O) groups excluding carboxylic acids is 2. The minimum atomic E-state index is -0.534. The summed E-state index contributed by atoms with van der Waals surface area (Å²) in [6.45, 7) is 2.87. The summed E-state index contributed by atoms with van der Waals surface area (Å²) in [4.78, 5) is 28.4. The molecule has 2 aliphatic heterocycles. The highest BCUT2D eigenvalue weighted by Crippen LogP contribution is 2.16. The second-order valence-corrected chi connectivity index (χ2v) is 6.45.